The minimum absolute atomic E-state index is 0.0739. The van der Waals surface area contributed by atoms with Gasteiger partial charge in [0.05, 0.1) is 29.0 Å². The number of nitriles is 1. The first-order valence-corrected chi connectivity index (χ1v) is 9.12. The second-order valence-electron chi connectivity index (χ2n) is 7.24. The molecule has 0 spiro atoms. The molecule has 0 radical (unpaired) electrons. The molecular formula is C21H15N3O5. The molecule has 2 aromatic heterocycles. The summed E-state index contributed by atoms with van der Waals surface area (Å²) in [6.45, 7) is 1.70. The number of aromatic hydroxyl groups is 1. The van der Waals surface area contributed by atoms with Crippen molar-refractivity contribution in [2.75, 3.05) is 0 Å². The molecule has 1 atom stereocenters. The third-order valence-electron chi connectivity index (χ3n) is 5.78. The predicted molar refractivity (Wildman–Crippen MR) is 101 cm³/mol. The number of esters is 1. The number of benzene rings is 1. The number of nitrogens with zero attached hydrogens (tertiary/aromatic N) is 3. The van der Waals surface area contributed by atoms with Crippen molar-refractivity contribution in [2.24, 2.45) is 0 Å². The van der Waals surface area contributed by atoms with Gasteiger partial charge >= 0.3 is 5.97 Å². The summed E-state index contributed by atoms with van der Waals surface area (Å²) in [5, 5.41) is 30.7. The Bertz CT molecular complexity index is 1350. The van der Waals surface area contributed by atoms with Gasteiger partial charge < -0.3 is 19.5 Å². The van der Waals surface area contributed by atoms with Gasteiger partial charge in [0.25, 0.3) is 5.56 Å². The number of hydrogen-bond acceptors (Lipinski definition) is 7. The van der Waals surface area contributed by atoms with Gasteiger partial charge in [0.2, 0.25) is 0 Å². The van der Waals surface area contributed by atoms with Crippen molar-refractivity contribution in [1.82, 2.24) is 9.55 Å². The number of ether oxygens (including phenoxy) is 1. The fourth-order valence-corrected chi connectivity index (χ4v) is 4.16. The van der Waals surface area contributed by atoms with Crippen LogP contribution in [0.1, 0.15) is 35.6 Å². The molecule has 0 aliphatic carbocycles. The zero-order chi connectivity index (χ0) is 20.5. The van der Waals surface area contributed by atoms with E-state index in [4.69, 9.17) is 4.74 Å². The van der Waals surface area contributed by atoms with Gasteiger partial charge in [-0.15, -0.1) is 0 Å². The lowest BCUT2D eigenvalue weighted by molar-refractivity contribution is -0.172. The normalized spacial score (nSPS) is 19.3. The Kier molecular flexibility index (Phi) is 3.39. The molecule has 1 aromatic carbocycles. The first-order valence-electron chi connectivity index (χ1n) is 9.12. The highest BCUT2D eigenvalue weighted by Crippen LogP contribution is 2.39. The van der Waals surface area contributed by atoms with E-state index in [1.165, 1.54) is 10.6 Å². The molecule has 2 N–H and O–H groups in total. The van der Waals surface area contributed by atoms with Crippen molar-refractivity contribution in [3.05, 3.63) is 56.9 Å². The van der Waals surface area contributed by atoms with Crippen LogP contribution in [0.5, 0.6) is 5.75 Å². The Morgan fingerprint density at radius 2 is 2.14 bits per heavy atom. The van der Waals surface area contributed by atoms with Crippen LogP contribution >= 0.6 is 0 Å². The van der Waals surface area contributed by atoms with E-state index in [9.17, 15) is 25.1 Å². The summed E-state index contributed by atoms with van der Waals surface area (Å²) < 4.78 is 6.58. The molecule has 0 bridgehead atoms. The van der Waals surface area contributed by atoms with Crippen molar-refractivity contribution < 1.29 is 19.7 Å². The van der Waals surface area contributed by atoms with E-state index in [2.05, 4.69) is 4.98 Å². The average molecular weight is 389 g/mol. The molecule has 3 aromatic rings. The molecular weight excluding hydrogens is 374 g/mol. The maximum Gasteiger partial charge on any atom is 0.343 e. The van der Waals surface area contributed by atoms with Crippen LogP contribution in [0.3, 0.4) is 0 Å². The summed E-state index contributed by atoms with van der Waals surface area (Å²) in [6, 6.07) is 8.37. The minimum atomic E-state index is -1.87. The van der Waals surface area contributed by atoms with Gasteiger partial charge in [-0.2, -0.15) is 5.26 Å². The Morgan fingerprint density at radius 3 is 2.86 bits per heavy atom. The number of phenols is 1. The van der Waals surface area contributed by atoms with Crippen molar-refractivity contribution in [1.29, 1.82) is 5.26 Å². The number of cyclic esters (lactones) is 1. The highest BCUT2D eigenvalue weighted by atomic mass is 16.6. The molecule has 2 aliphatic rings. The molecule has 2 aliphatic heterocycles. The largest absolute Gasteiger partial charge is 0.507 e. The number of phenolic OH excluding ortho intramolecular Hbond substituents is 1. The zero-order valence-electron chi connectivity index (χ0n) is 15.4. The maximum atomic E-state index is 13.1. The molecule has 0 unspecified atom stereocenters. The zero-order valence-corrected chi connectivity index (χ0v) is 15.4. The molecule has 0 saturated carbocycles. The molecule has 0 fully saturated rings. The number of carbonyl (C=O) groups excluding carboxylic acids is 1. The van der Waals surface area contributed by atoms with Crippen molar-refractivity contribution >= 4 is 16.9 Å². The number of aliphatic hydroxyl groups is 1. The number of fused-ring (bicyclic) bond motifs is 5. The van der Waals surface area contributed by atoms with Crippen LogP contribution in [0, 0.1) is 11.3 Å². The van der Waals surface area contributed by atoms with E-state index in [1.807, 2.05) is 6.07 Å². The van der Waals surface area contributed by atoms with Gasteiger partial charge in [-0.1, -0.05) is 6.92 Å². The lowest BCUT2D eigenvalue weighted by Crippen LogP contribution is -2.44. The second kappa shape index (κ2) is 5.65. The molecule has 144 valence electrons. The van der Waals surface area contributed by atoms with Crippen molar-refractivity contribution in [3.63, 3.8) is 0 Å². The van der Waals surface area contributed by atoms with Crippen LogP contribution < -0.4 is 5.56 Å². The third-order valence-corrected chi connectivity index (χ3v) is 5.78. The van der Waals surface area contributed by atoms with Crippen LogP contribution in [0.25, 0.3) is 22.3 Å². The topological polar surface area (TPSA) is 125 Å². The van der Waals surface area contributed by atoms with Crippen LogP contribution in [0.4, 0.5) is 0 Å². The second-order valence-corrected chi connectivity index (χ2v) is 7.24. The Morgan fingerprint density at radius 1 is 1.34 bits per heavy atom. The molecule has 8 nitrogen and oxygen atoms in total. The highest BCUT2D eigenvalue weighted by molar-refractivity contribution is 5.91. The van der Waals surface area contributed by atoms with E-state index in [1.54, 1.807) is 25.1 Å². The van der Waals surface area contributed by atoms with E-state index < -0.39 is 11.6 Å². The quantitative estimate of drug-likeness (QED) is 0.474. The molecule has 5 rings (SSSR count). The fourth-order valence-electron chi connectivity index (χ4n) is 4.16. The number of hydrogen-bond donors (Lipinski definition) is 2. The lowest BCUT2D eigenvalue weighted by atomic mass is 9.86. The highest BCUT2D eigenvalue weighted by Gasteiger charge is 2.45. The van der Waals surface area contributed by atoms with Crippen molar-refractivity contribution in [3.8, 4) is 23.2 Å². The molecule has 4 heterocycles. The van der Waals surface area contributed by atoms with E-state index in [-0.39, 0.29) is 47.6 Å². The Labute approximate surface area is 164 Å². The first kappa shape index (κ1) is 17.4. The minimum Gasteiger partial charge on any atom is -0.507 e. The van der Waals surface area contributed by atoms with Gasteiger partial charge in [-0.3, -0.25) is 4.79 Å². The van der Waals surface area contributed by atoms with Gasteiger partial charge in [-0.05, 0) is 30.7 Å². The van der Waals surface area contributed by atoms with E-state index in [0.29, 0.717) is 27.9 Å². The van der Waals surface area contributed by atoms with Crippen LogP contribution in [0.2, 0.25) is 0 Å². The van der Waals surface area contributed by atoms with E-state index >= 15 is 0 Å². The summed E-state index contributed by atoms with van der Waals surface area (Å²) in [4.78, 5) is 29.9. The maximum absolute atomic E-state index is 13.1. The summed E-state index contributed by atoms with van der Waals surface area (Å²) in [6.07, 6.45) is 0.0739. The van der Waals surface area contributed by atoms with Crippen LogP contribution in [0.15, 0.2) is 29.1 Å². The summed E-state index contributed by atoms with van der Waals surface area (Å²) in [5.41, 5.74) is 0.677. The first-order chi connectivity index (χ1) is 13.9. The number of aromatic nitrogens is 2. The Balaban J connectivity index is 1.81. The average Bonchev–Trinajstić information content (AvgIpc) is 3.08. The van der Waals surface area contributed by atoms with Crippen LogP contribution in [-0.2, 0) is 28.3 Å². The summed E-state index contributed by atoms with van der Waals surface area (Å²) in [7, 11) is 0. The monoisotopic (exact) mass is 389 g/mol. The molecule has 8 heteroatoms. The van der Waals surface area contributed by atoms with Crippen LogP contribution in [-0.4, -0.2) is 25.7 Å². The standard InChI is InChI=1S/C21H15N3O5/c1-2-21(28)14-6-16-18-10(8-24(16)19(26)13(14)9-29-20(21)27)5-11-12(7-22)17(25)4-3-15(11)23-18/h3-6,25,28H,2,8-9H2,1H3/t21-/m0/s1. The lowest BCUT2D eigenvalue weighted by Gasteiger charge is -2.31. The fraction of sp³-hybridized carbons (Fsp3) is 0.238. The molecule has 0 amide bonds. The number of rotatable bonds is 1. The van der Waals surface area contributed by atoms with Gasteiger partial charge in [0.15, 0.2) is 5.60 Å². The predicted octanol–water partition coefficient (Wildman–Crippen LogP) is 1.66. The molecule has 29 heavy (non-hydrogen) atoms. The van der Waals surface area contributed by atoms with Gasteiger partial charge in [0, 0.05) is 16.5 Å². The van der Waals surface area contributed by atoms with Crippen molar-refractivity contribution in [2.45, 2.75) is 32.1 Å². The van der Waals surface area contributed by atoms with Gasteiger partial charge in [-0.25, -0.2) is 9.78 Å². The summed E-state index contributed by atoms with van der Waals surface area (Å²) in [5.74, 6) is -0.899. The Hall–Kier alpha value is -3.70. The molecule has 0 saturated heterocycles. The third kappa shape index (κ3) is 2.13. The smallest absolute Gasteiger partial charge is 0.343 e. The SMILES string of the molecule is CC[C@@]1(O)C(=O)OCc2c1cc1n(c2=O)Cc2cc3c(C#N)c(O)ccc3nc2-1. The number of carbonyl (C=O) groups is 1. The van der Waals surface area contributed by atoms with E-state index in [0.717, 1.165) is 0 Å². The summed E-state index contributed by atoms with van der Waals surface area (Å²) >= 11 is 0. The van der Waals surface area contributed by atoms with Gasteiger partial charge in [0.1, 0.15) is 24.0 Å². The number of pyridine rings is 2.